The summed E-state index contributed by atoms with van der Waals surface area (Å²) in [6.45, 7) is 4.94. The van der Waals surface area contributed by atoms with Gasteiger partial charge in [-0.2, -0.15) is 9.97 Å². The van der Waals surface area contributed by atoms with E-state index in [1.54, 1.807) is 18.2 Å². The van der Waals surface area contributed by atoms with Gasteiger partial charge in [0.25, 0.3) is 0 Å². The molecule has 0 bridgehead atoms. The molecule has 6 heterocycles. The summed E-state index contributed by atoms with van der Waals surface area (Å²) in [4.78, 5) is 18.7. The topological polar surface area (TPSA) is 89.6 Å². The lowest BCUT2D eigenvalue weighted by Gasteiger charge is -2.31. The maximum absolute atomic E-state index is 17.1. The van der Waals surface area contributed by atoms with Gasteiger partial charge >= 0.3 is 6.01 Å². The number of hydrogen-bond acceptors (Lipinski definition) is 8. The van der Waals surface area contributed by atoms with Crippen LogP contribution in [0.4, 0.5) is 24.7 Å². The number of rotatable bonds is 4. The largest absolute Gasteiger partial charge is 0.461 e. The molecule has 4 aliphatic heterocycles. The minimum Gasteiger partial charge on any atom is -0.461 e. The first-order valence-corrected chi connectivity index (χ1v) is 15.7. The number of ether oxygens (including phenoxy) is 2. The molecule has 236 valence electrons. The molecule has 2 N–H and O–H groups in total. The lowest BCUT2D eigenvalue weighted by molar-refractivity contribution is 0.107. The van der Waals surface area contributed by atoms with Crippen LogP contribution in [0.3, 0.4) is 0 Å². The van der Waals surface area contributed by atoms with Crippen LogP contribution in [0, 0.1) is 24.0 Å². The first kappa shape index (κ1) is 29.0. The lowest BCUT2D eigenvalue weighted by Crippen LogP contribution is -2.43. The number of nitrogens with two attached hydrogens (primary N) is 1. The van der Waals surface area contributed by atoms with Gasteiger partial charge in [0, 0.05) is 42.8 Å². The van der Waals surface area contributed by atoms with Crippen molar-refractivity contribution < 1.29 is 22.6 Å². The second-order valence-corrected chi connectivity index (χ2v) is 12.8. The van der Waals surface area contributed by atoms with Crippen LogP contribution < -0.4 is 15.4 Å². The van der Waals surface area contributed by atoms with Crippen LogP contribution in [-0.4, -0.2) is 77.1 Å². The third-order valence-electron chi connectivity index (χ3n) is 9.93. The molecule has 11 heteroatoms. The number of hydrogen-bond donors (Lipinski definition) is 1. The summed E-state index contributed by atoms with van der Waals surface area (Å²) in [5.41, 5.74) is 7.68. The van der Waals surface area contributed by atoms with Crippen molar-refractivity contribution in [3.8, 4) is 29.6 Å². The highest BCUT2D eigenvalue weighted by Crippen LogP contribution is 2.44. The number of halogens is 3. The fourth-order valence-electron chi connectivity index (χ4n) is 7.88. The van der Waals surface area contributed by atoms with Crippen molar-refractivity contribution in [1.82, 2.24) is 19.9 Å². The van der Waals surface area contributed by atoms with E-state index < -0.39 is 23.3 Å². The van der Waals surface area contributed by atoms with Crippen LogP contribution in [0.1, 0.15) is 43.9 Å². The van der Waals surface area contributed by atoms with Crippen LogP contribution in [0.15, 0.2) is 30.3 Å². The Hall–Kier alpha value is -4.40. The molecule has 4 aromatic rings. The number of aromatic nitrogens is 3. The molecule has 2 aromatic heterocycles. The molecule has 0 amide bonds. The molecule has 0 saturated carbocycles. The fraction of sp³-hybridized carbons (Fsp3) is 0.400. The van der Waals surface area contributed by atoms with Gasteiger partial charge in [0.05, 0.1) is 34.8 Å². The van der Waals surface area contributed by atoms with Gasteiger partial charge in [0.1, 0.15) is 35.6 Å². The number of benzene rings is 2. The van der Waals surface area contributed by atoms with Crippen molar-refractivity contribution in [3.63, 3.8) is 0 Å². The van der Waals surface area contributed by atoms with E-state index in [0.29, 0.717) is 66.1 Å². The molecule has 3 saturated heterocycles. The molecule has 3 atom stereocenters. The van der Waals surface area contributed by atoms with Crippen molar-refractivity contribution >= 4 is 38.8 Å². The van der Waals surface area contributed by atoms with Gasteiger partial charge in [0.15, 0.2) is 5.82 Å². The number of fused-ring (bicyclic) bond motifs is 4. The van der Waals surface area contributed by atoms with E-state index in [0.717, 1.165) is 31.4 Å². The molecule has 4 aliphatic rings. The number of nitrogens with zero attached hydrogens (tertiary/aromatic N) is 5. The molecule has 8 nitrogen and oxygen atoms in total. The Morgan fingerprint density at radius 1 is 1.13 bits per heavy atom. The van der Waals surface area contributed by atoms with Crippen LogP contribution in [0.25, 0.3) is 38.5 Å². The van der Waals surface area contributed by atoms with Crippen molar-refractivity contribution in [2.24, 2.45) is 0 Å². The zero-order valence-electron chi connectivity index (χ0n) is 25.5. The van der Waals surface area contributed by atoms with Crippen molar-refractivity contribution in [1.29, 1.82) is 0 Å². The lowest BCUT2D eigenvalue weighted by atomic mass is 9.94. The van der Waals surface area contributed by atoms with Crippen LogP contribution >= 0.6 is 0 Å². The number of allylic oxidation sites excluding steroid dienone is 1. The van der Waals surface area contributed by atoms with E-state index in [1.807, 2.05) is 6.92 Å². The molecule has 0 aliphatic carbocycles. The SMILES string of the molecule is C#Cc1c(F)ccc2cc(N)cc(-c3nc4c5c(nc(OC[C@@]67CCCN6C[C@H](F)C7)nc5c3F)N3CCCOC[C@@H]3C=C4C)c12. The number of pyridine rings is 1. The quantitative estimate of drug-likeness (QED) is 0.230. The van der Waals surface area contributed by atoms with Crippen LogP contribution in [0.5, 0.6) is 6.01 Å². The van der Waals surface area contributed by atoms with Crippen molar-refractivity contribution in [3.05, 3.63) is 53.2 Å². The Morgan fingerprint density at radius 3 is 2.85 bits per heavy atom. The predicted molar refractivity (Wildman–Crippen MR) is 171 cm³/mol. The Bertz CT molecular complexity index is 1990. The number of terminal acetylenes is 1. The number of anilines is 2. The highest BCUT2D eigenvalue weighted by atomic mass is 19.1. The maximum Gasteiger partial charge on any atom is 0.319 e. The van der Waals surface area contributed by atoms with Crippen LogP contribution in [0.2, 0.25) is 0 Å². The Morgan fingerprint density at radius 2 is 2.00 bits per heavy atom. The molecular formula is C35H33F3N6O2. The third-order valence-corrected chi connectivity index (χ3v) is 9.93. The van der Waals surface area contributed by atoms with Gasteiger partial charge < -0.3 is 20.1 Å². The summed E-state index contributed by atoms with van der Waals surface area (Å²) in [6, 6.07) is 5.89. The highest BCUT2D eigenvalue weighted by molar-refractivity contribution is 6.06. The molecular weight excluding hydrogens is 593 g/mol. The third kappa shape index (κ3) is 4.49. The van der Waals surface area contributed by atoms with Crippen molar-refractivity contribution in [2.75, 3.05) is 50.1 Å². The first-order valence-electron chi connectivity index (χ1n) is 15.7. The maximum atomic E-state index is 17.1. The van der Waals surface area contributed by atoms with Crippen molar-refractivity contribution in [2.45, 2.75) is 50.4 Å². The molecule has 8 rings (SSSR count). The smallest absolute Gasteiger partial charge is 0.319 e. The average Bonchev–Trinajstić information content (AvgIpc) is 3.42. The zero-order valence-corrected chi connectivity index (χ0v) is 25.5. The van der Waals surface area contributed by atoms with E-state index >= 15 is 4.39 Å². The van der Waals surface area contributed by atoms with E-state index in [4.69, 9.17) is 31.6 Å². The standard InChI is InChI=1S/C35H33F3N6O2/c1-3-24-26(37)7-6-20-13-22(39)14-25(27(20)24)31-29(38)32-28-30(40-31)19(2)12-23-17-45-11-5-10-44(23)33(28)42-34(41-32)46-18-35-8-4-9-43(35)16-21(36)15-35/h1,6-7,12-14,21,23H,4-5,8-11,15-18,39H2,2H3/t21-,23+,35+/m1/s1. The normalized spacial score (nSPS) is 24.3. The summed E-state index contributed by atoms with van der Waals surface area (Å²) in [5, 5.41) is 1.35. The molecule has 2 aromatic carbocycles. The van der Waals surface area contributed by atoms with Gasteiger partial charge in [-0.3, -0.25) is 4.90 Å². The number of alkyl halides is 1. The molecule has 46 heavy (non-hydrogen) atoms. The Balaban J connectivity index is 1.37. The second kappa shape index (κ2) is 10.9. The summed E-state index contributed by atoms with van der Waals surface area (Å²) >= 11 is 0. The predicted octanol–water partition coefficient (Wildman–Crippen LogP) is 5.65. The number of nitrogen functional groups attached to an aromatic ring is 1. The Kier molecular flexibility index (Phi) is 6.85. The summed E-state index contributed by atoms with van der Waals surface area (Å²) in [7, 11) is 0. The molecule has 0 spiro atoms. The minimum atomic E-state index is -0.919. The molecule has 3 fully saturated rings. The second-order valence-electron chi connectivity index (χ2n) is 12.8. The molecule has 0 unspecified atom stereocenters. The van der Waals surface area contributed by atoms with Gasteiger partial charge in [-0.1, -0.05) is 18.1 Å². The van der Waals surface area contributed by atoms with Gasteiger partial charge in [-0.05, 0) is 61.9 Å². The van der Waals surface area contributed by atoms with E-state index in [2.05, 4.69) is 26.8 Å². The van der Waals surface area contributed by atoms with Gasteiger partial charge in [-0.15, -0.1) is 6.42 Å². The summed E-state index contributed by atoms with van der Waals surface area (Å²) in [6.07, 6.45) is 9.80. The first-order chi connectivity index (χ1) is 22.3. The highest BCUT2D eigenvalue weighted by Gasteiger charge is 2.49. The van der Waals surface area contributed by atoms with Gasteiger partial charge in [-0.25, -0.2) is 18.2 Å². The summed E-state index contributed by atoms with van der Waals surface area (Å²) < 4.78 is 58.8. The Labute approximate surface area is 264 Å². The van der Waals surface area contributed by atoms with Gasteiger partial charge in [0.2, 0.25) is 0 Å². The average molecular weight is 627 g/mol. The van der Waals surface area contributed by atoms with E-state index in [-0.39, 0.29) is 41.0 Å². The summed E-state index contributed by atoms with van der Waals surface area (Å²) in [5.74, 6) is 1.60. The monoisotopic (exact) mass is 626 g/mol. The van der Waals surface area contributed by atoms with E-state index in [9.17, 15) is 8.78 Å². The molecule has 0 radical (unpaired) electrons. The fourth-order valence-corrected chi connectivity index (χ4v) is 7.88. The minimum absolute atomic E-state index is 0.00398. The zero-order chi connectivity index (χ0) is 31.7. The van der Waals surface area contributed by atoms with E-state index in [1.165, 1.54) is 6.07 Å². The van der Waals surface area contributed by atoms with Crippen LogP contribution in [-0.2, 0) is 4.74 Å².